The predicted octanol–water partition coefficient (Wildman–Crippen LogP) is -0.0408. The van der Waals surface area contributed by atoms with Gasteiger partial charge in [-0.2, -0.15) is 12.7 Å². The van der Waals surface area contributed by atoms with Crippen molar-refractivity contribution >= 4 is 16.2 Å². The van der Waals surface area contributed by atoms with Gasteiger partial charge in [-0.1, -0.05) is 0 Å². The van der Waals surface area contributed by atoms with Crippen molar-refractivity contribution in [1.29, 1.82) is 0 Å². The number of carboxylic acid groups (broad SMARTS) is 1. The molecule has 0 aliphatic carbocycles. The summed E-state index contributed by atoms with van der Waals surface area (Å²) in [5, 5.41) is 8.93. The predicted molar refractivity (Wildman–Crippen MR) is 79.1 cm³/mol. The molecule has 2 N–H and O–H groups in total. The molecule has 2 aliphatic rings. The second-order valence-electron chi connectivity index (χ2n) is 6.11. The van der Waals surface area contributed by atoms with E-state index in [9.17, 15) is 13.2 Å². The first-order chi connectivity index (χ1) is 9.88. The normalized spacial score (nSPS) is 24.2. The van der Waals surface area contributed by atoms with Crippen LogP contribution in [0, 0.1) is 11.8 Å². The number of carbonyl (C=O) groups is 1. The maximum absolute atomic E-state index is 12.2. The van der Waals surface area contributed by atoms with Gasteiger partial charge in [0.05, 0.1) is 5.92 Å². The summed E-state index contributed by atoms with van der Waals surface area (Å²) in [5.74, 6) is -0.843. The van der Waals surface area contributed by atoms with E-state index in [-0.39, 0.29) is 0 Å². The van der Waals surface area contributed by atoms with Crippen LogP contribution in [-0.4, -0.2) is 68.5 Å². The molecule has 8 heteroatoms. The highest BCUT2D eigenvalue weighted by molar-refractivity contribution is 7.87. The first-order valence-corrected chi connectivity index (χ1v) is 8.98. The van der Waals surface area contributed by atoms with E-state index in [0.717, 1.165) is 25.9 Å². The van der Waals surface area contributed by atoms with Crippen molar-refractivity contribution in [3.05, 3.63) is 0 Å². The van der Waals surface area contributed by atoms with E-state index in [1.807, 2.05) is 0 Å². The number of aliphatic carboxylic acids is 1. The summed E-state index contributed by atoms with van der Waals surface area (Å²) in [6, 6.07) is 0. The van der Waals surface area contributed by atoms with Gasteiger partial charge in [0.1, 0.15) is 0 Å². The lowest BCUT2D eigenvalue weighted by Gasteiger charge is -2.32. The molecule has 0 spiro atoms. The fraction of sp³-hybridized carbons (Fsp3) is 0.923. The average molecular weight is 319 g/mol. The number of nitrogens with zero attached hydrogens (tertiary/aromatic N) is 2. The van der Waals surface area contributed by atoms with Crippen LogP contribution >= 0.6 is 0 Å². The molecule has 7 nitrogen and oxygen atoms in total. The second-order valence-corrected chi connectivity index (χ2v) is 7.87. The monoisotopic (exact) mass is 319 g/mol. The van der Waals surface area contributed by atoms with Crippen LogP contribution in [-0.2, 0) is 15.0 Å². The number of hydrogen-bond donors (Lipinski definition) is 2. The zero-order valence-electron chi connectivity index (χ0n) is 12.5. The molecule has 0 saturated carbocycles. The van der Waals surface area contributed by atoms with Crippen LogP contribution in [0.5, 0.6) is 0 Å². The van der Waals surface area contributed by atoms with Crippen molar-refractivity contribution in [2.24, 2.45) is 11.8 Å². The van der Waals surface area contributed by atoms with Crippen LogP contribution in [0.25, 0.3) is 0 Å². The molecule has 2 fully saturated rings. The molecule has 2 rings (SSSR count). The molecule has 0 atom stereocenters. The SMILES string of the molecule is CN1CCC(CNS(=O)(=O)N2CCC(C(=O)O)CC2)CC1. The van der Waals surface area contributed by atoms with E-state index in [2.05, 4.69) is 16.7 Å². The zero-order chi connectivity index (χ0) is 15.5. The van der Waals surface area contributed by atoms with E-state index in [1.165, 1.54) is 4.31 Å². The Hall–Kier alpha value is -0.700. The highest BCUT2D eigenvalue weighted by atomic mass is 32.2. The Bertz CT molecular complexity index is 452. The third-order valence-electron chi connectivity index (χ3n) is 4.54. The quantitative estimate of drug-likeness (QED) is 0.742. The van der Waals surface area contributed by atoms with Crippen molar-refractivity contribution in [1.82, 2.24) is 13.9 Å². The topological polar surface area (TPSA) is 90.0 Å². The number of likely N-dealkylation sites (tertiary alicyclic amines) is 1. The van der Waals surface area contributed by atoms with Crippen molar-refractivity contribution in [2.45, 2.75) is 25.7 Å². The number of hydrogen-bond acceptors (Lipinski definition) is 4. The summed E-state index contributed by atoms with van der Waals surface area (Å²) in [6.45, 7) is 3.08. The van der Waals surface area contributed by atoms with Gasteiger partial charge in [-0.3, -0.25) is 4.79 Å². The lowest BCUT2D eigenvalue weighted by Crippen LogP contribution is -2.47. The van der Waals surface area contributed by atoms with Gasteiger partial charge in [0.2, 0.25) is 0 Å². The molecule has 0 aromatic rings. The van der Waals surface area contributed by atoms with E-state index >= 15 is 0 Å². The van der Waals surface area contributed by atoms with Crippen LogP contribution in [0.15, 0.2) is 0 Å². The average Bonchev–Trinajstić information content (AvgIpc) is 2.47. The number of rotatable bonds is 5. The zero-order valence-corrected chi connectivity index (χ0v) is 13.3. The first-order valence-electron chi connectivity index (χ1n) is 7.54. The number of piperidine rings is 2. The van der Waals surface area contributed by atoms with Gasteiger partial charge < -0.3 is 10.0 Å². The van der Waals surface area contributed by atoms with Gasteiger partial charge in [-0.25, -0.2) is 4.72 Å². The molecule has 2 saturated heterocycles. The fourth-order valence-corrected chi connectivity index (χ4v) is 4.24. The molecule has 0 unspecified atom stereocenters. The van der Waals surface area contributed by atoms with Gasteiger partial charge in [0.25, 0.3) is 10.2 Å². The molecule has 0 amide bonds. The number of nitrogens with one attached hydrogen (secondary N) is 1. The standard InChI is InChI=1S/C13H25N3O4S/c1-15-6-2-11(3-7-15)10-14-21(19,20)16-8-4-12(5-9-16)13(17)18/h11-12,14H,2-10H2,1H3,(H,17,18). The van der Waals surface area contributed by atoms with Crippen LogP contribution in [0.1, 0.15) is 25.7 Å². The van der Waals surface area contributed by atoms with Crippen LogP contribution in [0.2, 0.25) is 0 Å². The smallest absolute Gasteiger partial charge is 0.306 e. The molecule has 122 valence electrons. The molecule has 21 heavy (non-hydrogen) atoms. The molecule has 2 heterocycles. The Balaban J connectivity index is 1.78. The van der Waals surface area contributed by atoms with E-state index in [4.69, 9.17) is 5.11 Å². The van der Waals surface area contributed by atoms with Crippen molar-refractivity contribution < 1.29 is 18.3 Å². The Morgan fingerprint density at radius 1 is 1.14 bits per heavy atom. The summed E-state index contributed by atoms with van der Waals surface area (Å²) in [4.78, 5) is 13.1. The molecule has 0 aromatic heterocycles. The minimum Gasteiger partial charge on any atom is -0.481 e. The third-order valence-corrected chi connectivity index (χ3v) is 6.11. The molecule has 2 aliphatic heterocycles. The summed E-state index contributed by atoms with van der Waals surface area (Å²) in [7, 11) is -1.39. The van der Waals surface area contributed by atoms with E-state index < -0.39 is 22.1 Å². The Morgan fingerprint density at radius 2 is 1.71 bits per heavy atom. The van der Waals surface area contributed by atoms with Crippen molar-refractivity contribution in [2.75, 3.05) is 39.8 Å². The summed E-state index contributed by atoms with van der Waals surface area (Å²) >= 11 is 0. The van der Waals surface area contributed by atoms with Crippen molar-refractivity contribution in [3.8, 4) is 0 Å². The highest BCUT2D eigenvalue weighted by Crippen LogP contribution is 2.20. The molecule has 0 aromatic carbocycles. The molecular formula is C13H25N3O4S. The summed E-state index contributed by atoms with van der Waals surface area (Å²) in [5.41, 5.74) is 0. The van der Waals surface area contributed by atoms with Crippen LogP contribution in [0.4, 0.5) is 0 Å². The first kappa shape index (κ1) is 16.7. The molecular weight excluding hydrogens is 294 g/mol. The summed E-state index contributed by atoms with van der Waals surface area (Å²) in [6.07, 6.45) is 2.81. The highest BCUT2D eigenvalue weighted by Gasteiger charge is 2.31. The minimum absolute atomic E-state index is 0.291. The Labute approximate surface area is 126 Å². The maximum atomic E-state index is 12.2. The van der Waals surface area contributed by atoms with Gasteiger partial charge in [-0.15, -0.1) is 0 Å². The largest absolute Gasteiger partial charge is 0.481 e. The molecule has 0 bridgehead atoms. The van der Waals surface area contributed by atoms with Crippen LogP contribution < -0.4 is 4.72 Å². The number of carboxylic acids is 1. The Kier molecular flexibility index (Phi) is 5.59. The minimum atomic E-state index is -3.47. The lowest BCUT2D eigenvalue weighted by atomic mass is 9.98. The van der Waals surface area contributed by atoms with Gasteiger partial charge >= 0.3 is 5.97 Å². The summed E-state index contributed by atoms with van der Waals surface area (Å²) < 4.78 is 28.5. The second kappa shape index (κ2) is 7.04. The fourth-order valence-electron chi connectivity index (χ4n) is 2.92. The lowest BCUT2D eigenvalue weighted by molar-refractivity contribution is -0.142. The van der Waals surface area contributed by atoms with Gasteiger partial charge in [0, 0.05) is 19.6 Å². The van der Waals surface area contributed by atoms with Gasteiger partial charge in [-0.05, 0) is 51.7 Å². The van der Waals surface area contributed by atoms with E-state index in [0.29, 0.717) is 38.4 Å². The van der Waals surface area contributed by atoms with E-state index in [1.54, 1.807) is 0 Å². The van der Waals surface area contributed by atoms with Crippen LogP contribution in [0.3, 0.4) is 0 Å². The maximum Gasteiger partial charge on any atom is 0.306 e. The Morgan fingerprint density at radius 3 is 2.24 bits per heavy atom. The molecule has 0 radical (unpaired) electrons. The van der Waals surface area contributed by atoms with Gasteiger partial charge in [0.15, 0.2) is 0 Å². The third kappa shape index (κ3) is 4.64. The van der Waals surface area contributed by atoms with Crippen molar-refractivity contribution in [3.63, 3.8) is 0 Å².